The van der Waals surface area contributed by atoms with Crippen LogP contribution in [0, 0.1) is 6.92 Å². The number of hydrogen-bond acceptors (Lipinski definition) is 7. The lowest BCUT2D eigenvalue weighted by molar-refractivity contribution is 0.0938. The summed E-state index contributed by atoms with van der Waals surface area (Å²) in [5.41, 5.74) is 1.79. The quantitative estimate of drug-likeness (QED) is 0.506. The van der Waals surface area contributed by atoms with Crippen LogP contribution in [-0.2, 0) is 6.54 Å². The molecule has 0 unspecified atom stereocenters. The third-order valence-corrected chi connectivity index (χ3v) is 5.27. The largest absolute Gasteiger partial charge is 0.457 e. The van der Waals surface area contributed by atoms with E-state index >= 15 is 0 Å². The Bertz CT molecular complexity index is 1290. The van der Waals surface area contributed by atoms with Crippen LogP contribution in [-0.4, -0.2) is 30.5 Å². The van der Waals surface area contributed by atoms with Gasteiger partial charge in [-0.1, -0.05) is 12.1 Å². The zero-order valence-electron chi connectivity index (χ0n) is 14.8. The molecule has 0 saturated heterocycles. The van der Waals surface area contributed by atoms with E-state index in [1.807, 2.05) is 43.3 Å². The number of aryl methyl sites for hydroxylation is 1. The van der Waals surface area contributed by atoms with Crippen molar-refractivity contribution >= 4 is 33.2 Å². The van der Waals surface area contributed by atoms with Gasteiger partial charge in [-0.05, 0) is 37.3 Å². The van der Waals surface area contributed by atoms with Crippen molar-refractivity contribution in [3.8, 4) is 10.8 Å². The summed E-state index contributed by atoms with van der Waals surface area (Å²) in [5, 5.41) is 7.77. The highest BCUT2D eigenvalue weighted by Gasteiger charge is 2.15. The fourth-order valence-electron chi connectivity index (χ4n) is 2.81. The average molecular weight is 390 g/mol. The van der Waals surface area contributed by atoms with Crippen molar-refractivity contribution in [2.75, 3.05) is 0 Å². The second-order valence-electron chi connectivity index (χ2n) is 6.17. The van der Waals surface area contributed by atoms with Crippen molar-refractivity contribution in [1.29, 1.82) is 0 Å². The van der Waals surface area contributed by atoms with Crippen molar-refractivity contribution in [3.05, 3.63) is 65.9 Å². The number of hydrogen-bond donors (Lipinski definition) is 1. The van der Waals surface area contributed by atoms with Gasteiger partial charge in [-0.2, -0.15) is 4.98 Å². The van der Waals surface area contributed by atoms with Gasteiger partial charge in [0.15, 0.2) is 10.8 Å². The molecule has 0 aliphatic carbocycles. The van der Waals surface area contributed by atoms with Gasteiger partial charge in [-0.3, -0.25) is 4.79 Å². The van der Waals surface area contributed by atoms with Gasteiger partial charge < -0.3 is 9.73 Å². The summed E-state index contributed by atoms with van der Waals surface area (Å²) in [6, 6.07) is 13.4. The average Bonchev–Trinajstić information content (AvgIpc) is 3.43. The zero-order chi connectivity index (χ0) is 19.1. The summed E-state index contributed by atoms with van der Waals surface area (Å²) in [5.74, 6) is 1.38. The monoisotopic (exact) mass is 390 g/mol. The number of carbonyl (C=O) groups is 1. The van der Waals surface area contributed by atoms with E-state index in [1.165, 1.54) is 4.52 Å². The van der Waals surface area contributed by atoms with Crippen LogP contribution in [0.15, 0.2) is 53.1 Å². The number of fused-ring (bicyclic) bond motifs is 2. The Hall–Kier alpha value is -3.59. The van der Waals surface area contributed by atoms with Crippen LogP contribution in [0.25, 0.3) is 26.8 Å². The topological polar surface area (TPSA) is 98.2 Å². The number of carbonyl (C=O) groups excluding carboxylic acids is 1. The number of nitrogens with one attached hydrogen (secondary N) is 1. The molecule has 1 N–H and O–H groups in total. The first-order chi connectivity index (χ1) is 13.7. The summed E-state index contributed by atoms with van der Waals surface area (Å²) >= 11 is 1.57. The summed E-state index contributed by atoms with van der Waals surface area (Å²) in [6.45, 7) is 2.10. The predicted octanol–water partition coefficient (Wildman–Crippen LogP) is 3.23. The van der Waals surface area contributed by atoms with Crippen molar-refractivity contribution in [2.24, 2.45) is 0 Å². The Labute approximate surface area is 162 Å². The molecule has 28 heavy (non-hydrogen) atoms. The van der Waals surface area contributed by atoms with Crippen LogP contribution in [0.1, 0.15) is 22.1 Å². The third kappa shape index (κ3) is 2.91. The van der Waals surface area contributed by atoms with Crippen LogP contribution in [0.2, 0.25) is 0 Å². The van der Waals surface area contributed by atoms with Gasteiger partial charge in [-0.25, -0.2) is 14.5 Å². The van der Waals surface area contributed by atoms with Crippen LogP contribution in [0.5, 0.6) is 0 Å². The molecule has 8 nitrogen and oxygen atoms in total. The Morgan fingerprint density at radius 3 is 2.93 bits per heavy atom. The molecule has 0 spiro atoms. The van der Waals surface area contributed by atoms with Crippen LogP contribution in [0.4, 0.5) is 0 Å². The van der Waals surface area contributed by atoms with E-state index in [1.54, 1.807) is 23.6 Å². The highest BCUT2D eigenvalue weighted by Crippen LogP contribution is 2.31. The molecule has 0 saturated carbocycles. The summed E-state index contributed by atoms with van der Waals surface area (Å²) in [4.78, 5) is 25.2. The molecular formula is C19H14N6O2S. The molecular weight excluding hydrogens is 376 g/mol. The SMILES string of the molecule is Cc1ccnc2nc(C(=O)NCc3ccc(-c4nc5ccccc5s4)o3)nn12. The molecule has 138 valence electrons. The first-order valence-electron chi connectivity index (χ1n) is 8.58. The molecule has 0 bridgehead atoms. The minimum absolute atomic E-state index is 0.0692. The van der Waals surface area contributed by atoms with Crippen molar-refractivity contribution in [3.63, 3.8) is 0 Å². The maximum Gasteiger partial charge on any atom is 0.291 e. The molecule has 9 heteroatoms. The number of aromatic nitrogens is 5. The van der Waals surface area contributed by atoms with Gasteiger partial charge in [0.25, 0.3) is 11.7 Å². The normalized spacial score (nSPS) is 11.3. The van der Waals surface area contributed by atoms with Crippen molar-refractivity contribution in [1.82, 2.24) is 29.9 Å². The predicted molar refractivity (Wildman–Crippen MR) is 104 cm³/mol. The fraction of sp³-hybridized carbons (Fsp3) is 0.105. The number of furan rings is 1. The number of nitrogens with zero attached hydrogens (tertiary/aromatic N) is 5. The molecule has 5 aromatic rings. The number of rotatable bonds is 4. The van der Waals surface area contributed by atoms with Crippen molar-refractivity contribution in [2.45, 2.75) is 13.5 Å². The lowest BCUT2D eigenvalue weighted by Crippen LogP contribution is -2.23. The number of amides is 1. The van der Waals surface area contributed by atoms with Gasteiger partial charge in [0.05, 0.1) is 16.8 Å². The van der Waals surface area contributed by atoms with Crippen LogP contribution in [0.3, 0.4) is 0 Å². The number of para-hydroxylation sites is 1. The molecule has 0 radical (unpaired) electrons. The van der Waals surface area contributed by atoms with Gasteiger partial charge >= 0.3 is 0 Å². The number of benzene rings is 1. The van der Waals surface area contributed by atoms with E-state index in [-0.39, 0.29) is 18.3 Å². The van der Waals surface area contributed by atoms with Gasteiger partial charge in [0, 0.05) is 11.9 Å². The molecule has 4 heterocycles. The van der Waals surface area contributed by atoms with E-state index < -0.39 is 0 Å². The van der Waals surface area contributed by atoms with Crippen LogP contribution < -0.4 is 5.32 Å². The Morgan fingerprint density at radius 1 is 1.18 bits per heavy atom. The Morgan fingerprint density at radius 2 is 2.07 bits per heavy atom. The summed E-state index contributed by atoms with van der Waals surface area (Å²) in [7, 11) is 0. The van der Waals surface area contributed by atoms with E-state index in [4.69, 9.17) is 4.42 Å². The van der Waals surface area contributed by atoms with Crippen molar-refractivity contribution < 1.29 is 9.21 Å². The Balaban J connectivity index is 1.31. The van der Waals surface area contributed by atoms with Gasteiger partial charge in [-0.15, -0.1) is 16.4 Å². The number of thiazole rings is 1. The lowest BCUT2D eigenvalue weighted by Gasteiger charge is -1.99. The zero-order valence-corrected chi connectivity index (χ0v) is 15.6. The molecule has 0 aliphatic rings. The molecule has 1 amide bonds. The highest BCUT2D eigenvalue weighted by atomic mass is 32.1. The second-order valence-corrected chi connectivity index (χ2v) is 7.20. The van der Waals surface area contributed by atoms with Crippen LogP contribution >= 0.6 is 11.3 Å². The first kappa shape index (κ1) is 16.6. The molecule has 5 rings (SSSR count). The highest BCUT2D eigenvalue weighted by molar-refractivity contribution is 7.21. The standard InChI is InChI=1S/C19H14N6O2S/c1-11-8-9-20-19-23-16(24-25(11)19)17(26)21-10-12-6-7-14(27-12)18-22-13-4-2-3-5-15(13)28-18/h2-9H,10H2,1H3,(H,21,26). The van der Waals surface area contributed by atoms with E-state index in [0.717, 1.165) is 20.9 Å². The minimum Gasteiger partial charge on any atom is -0.457 e. The fourth-order valence-corrected chi connectivity index (χ4v) is 3.74. The first-order valence-corrected chi connectivity index (χ1v) is 9.40. The third-order valence-electron chi connectivity index (χ3n) is 4.22. The molecule has 1 aromatic carbocycles. The van der Waals surface area contributed by atoms with Gasteiger partial charge in [0.2, 0.25) is 5.82 Å². The smallest absolute Gasteiger partial charge is 0.291 e. The van der Waals surface area contributed by atoms with E-state index in [0.29, 0.717) is 17.3 Å². The Kier molecular flexibility index (Phi) is 3.87. The molecule has 0 aliphatic heterocycles. The lowest BCUT2D eigenvalue weighted by atomic mass is 10.3. The summed E-state index contributed by atoms with van der Waals surface area (Å²) in [6.07, 6.45) is 1.63. The molecule has 0 atom stereocenters. The van der Waals surface area contributed by atoms with E-state index in [9.17, 15) is 4.79 Å². The molecule has 0 fully saturated rings. The van der Waals surface area contributed by atoms with E-state index in [2.05, 4.69) is 25.4 Å². The minimum atomic E-state index is -0.386. The molecule has 4 aromatic heterocycles. The summed E-state index contributed by atoms with van der Waals surface area (Å²) < 4.78 is 8.48. The maximum atomic E-state index is 12.4. The maximum absolute atomic E-state index is 12.4. The van der Waals surface area contributed by atoms with Gasteiger partial charge in [0.1, 0.15) is 5.76 Å². The second kappa shape index (κ2) is 6.54.